The molecule has 0 amide bonds. The second kappa shape index (κ2) is 9.25. The van der Waals surface area contributed by atoms with Gasteiger partial charge < -0.3 is 14.6 Å². The van der Waals surface area contributed by atoms with Crippen molar-refractivity contribution in [2.45, 2.75) is 89.3 Å². The lowest BCUT2D eigenvalue weighted by Gasteiger charge is -2.23. The number of rotatable bonds is 10. The average molecular weight is 427 g/mol. The Morgan fingerprint density at radius 3 is 2.38 bits per heavy atom. The van der Waals surface area contributed by atoms with Crippen LogP contribution in [0.3, 0.4) is 0 Å². The van der Waals surface area contributed by atoms with Crippen molar-refractivity contribution in [3.05, 3.63) is 30.3 Å². The number of carbonyl (C=O) groups excluding carboxylic acids is 1. The summed E-state index contributed by atoms with van der Waals surface area (Å²) < 4.78 is 36.7. The van der Waals surface area contributed by atoms with Gasteiger partial charge >= 0.3 is 0 Å². The van der Waals surface area contributed by atoms with Gasteiger partial charge in [-0.15, -0.1) is 0 Å². The van der Waals surface area contributed by atoms with Crippen molar-refractivity contribution in [3.8, 4) is 0 Å². The molecule has 1 fully saturated rings. The molecule has 1 aliphatic heterocycles. The summed E-state index contributed by atoms with van der Waals surface area (Å²) in [7, 11) is -3.54. The minimum Gasteiger partial charge on any atom is -0.393 e. The number of carbonyl (C=O) groups is 1. The first-order chi connectivity index (χ1) is 13.3. The third-order valence-corrected chi connectivity index (χ3v) is 7.37. The lowest BCUT2D eigenvalue weighted by atomic mass is 9.87. The Labute approximate surface area is 174 Å². The molecule has 1 N–H and O–H groups in total. The van der Waals surface area contributed by atoms with Crippen LogP contribution in [0.1, 0.15) is 60.3 Å². The molecule has 0 saturated carbocycles. The molecule has 0 aliphatic carbocycles. The van der Waals surface area contributed by atoms with Gasteiger partial charge in [0.1, 0.15) is 5.78 Å². The lowest BCUT2D eigenvalue weighted by Crippen LogP contribution is -2.33. The summed E-state index contributed by atoms with van der Waals surface area (Å²) >= 11 is 0. The SMILES string of the molecule is C[C@H]1OC(C)(C)O[C@@H]1C[C@@H](O)CCCC(=O)C(C)(C)CS(=O)(=O)c1ccccc1. The normalized spacial score (nSPS) is 23.1. The summed E-state index contributed by atoms with van der Waals surface area (Å²) in [5.74, 6) is -0.988. The quantitative estimate of drug-likeness (QED) is 0.616. The number of aliphatic hydroxyl groups is 1. The Bertz CT molecular complexity index is 785. The predicted molar refractivity (Wildman–Crippen MR) is 111 cm³/mol. The van der Waals surface area contributed by atoms with E-state index in [4.69, 9.17) is 9.47 Å². The van der Waals surface area contributed by atoms with Gasteiger partial charge in [0, 0.05) is 18.3 Å². The molecule has 29 heavy (non-hydrogen) atoms. The van der Waals surface area contributed by atoms with Crippen molar-refractivity contribution < 1.29 is 27.8 Å². The molecule has 0 radical (unpaired) electrons. The van der Waals surface area contributed by atoms with Gasteiger partial charge in [0.25, 0.3) is 0 Å². The minimum atomic E-state index is -3.54. The molecule has 164 valence electrons. The number of ether oxygens (including phenoxy) is 2. The molecular formula is C22H34O6S. The van der Waals surface area contributed by atoms with Gasteiger partial charge in [-0.3, -0.25) is 4.79 Å². The van der Waals surface area contributed by atoms with Gasteiger partial charge in [-0.05, 0) is 45.7 Å². The first-order valence-electron chi connectivity index (χ1n) is 10.2. The molecule has 7 heteroatoms. The standard InChI is InChI=1S/C22H34O6S/c1-16-19(28-22(4,5)27-16)14-17(23)10-9-13-20(24)21(2,3)15-29(25,26)18-11-7-6-8-12-18/h6-8,11-12,16-17,19,23H,9-10,13-15H2,1-5H3/t16-,17+,19-/m1/s1. The lowest BCUT2D eigenvalue weighted by molar-refractivity contribution is -0.147. The smallest absolute Gasteiger partial charge is 0.179 e. The predicted octanol–water partition coefficient (Wildman–Crippen LogP) is 3.52. The van der Waals surface area contributed by atoms with Crippen LogP contribution in [0.4, 0.5) is 0 Å². The van der Waals surface area contributed by atoms with Crippen LogP contribution in [0.25, 0.3) is 0 Å². The molecule has 6 nitrogen and oxygen atoms in total. The van der Waals surface area contributed by atoms with Crippen LogP contribution in [-0.4, -0.2) is 49.2 Å². The fourth-order valence-electron chi connectivity index (χ4n) is 3.74. The van der Waals surface area contributed by atoms with Crippen LogP contribution in [0.15, 0.2) is 35.2 Å². The first kappa shape index (κ1) is 24.0. The molecule has 0 bridgehead atoms. The summed E-state index contributed by atoms with van der Waals surface area (Å²) in [6, 6.07) is 8.19. The third-order valence-electron chi connectivity index (χ3n) is 5.28. The van der Waals surface area contributed by atoms with Crippen LogP contribution in [0.2, 0.25) is 0 Å². The fraction of sp³-hybridized carbons (Fsp3) is 0.682. The van der Waals surface area contributed by atoms with Crippen LogP contribution in [0.5, 0.6) is 0 Å². The Hall–Kier alpha value is -1.28. The number of benzene rings is 1. The Balaban J connectivity index is 1.82. The van der Waals surface area contributed by atoms with Crippen molar-refractivity contribution in [1.29, 1.82) is 0 Å². The minimum absolute atomic E-state index is 0.0941. The summed E-state index contributed by atoms with van der Waals surface area (Å²) in [4.78, 5) is 12.9. The van der Waals surface area contributed by atoms with E-state index in [0.717, 1.165) is 0 Å². The molecule has 0 spiro atoms. The molecule has 0 aromatic heterocycles. The molecule has 1 aromatic rings. The van der Waals surface area contributed by atoms with E-state index in [2.05, 4.69) is 0 Å². The number of hydrogen-bond donors (Lipinski definition) is 1. The van der Waals surface area contributed by atoms with Crippen molar-refractivity contribution in [1.82, 2.24) is 0 Å². The van der Waals surface area contributed by atoms with Gasteiger partial charge in [-0.2, -0.15) is 0 Å². The van der Waals surface area contributed by atoms with Crippen LogP contribution in [0, 0.1) is 5.41 Å². The highest BCUT2D eigenvalue weighted by atomic mass is 32.2. The van der Waals surface area contributed by atoms with Gasteiger partial charge in [0.15, 0.2) is 15.6 Å². The second-order valence-corrected chi connectivity index (χ2v) is 11.0. The highest BCUT2D eigenvalue weighted by Crippen LogP contribution is 2.31. The number of hydrogen-bond acceptors (Lipinski definition) is 6. The Kier molecular flexibility index (Phi) is 7.65. The molecule has 1 aromatic carbocycles. The molecule has 0 unspecified atom stereocenters. The van der Waals surface area contributed by atoms with Crippen LogP contribution in [-0.2, 0) is 24.1 Å². The van der Waals surface area contributed by atoms with E-state index in [1.54, 1.807) is 44.2 Å². The monoisotopic (exact) mass is 426 g/mol. The highest BCUT2D eigenvalue weighted by molar-refractivity contribution is 7.91. The van der Waals surface area contributed by atoms with E-state index in [0.29, 0.717) is 19.3 Å². The first-order valence-corrected chi connectivity index (χ1v) is 11.8. The zero-order chi connectivity index (χ0) is 21.9. The summed E-state index contributed by atoms with van der Waals surface area (Å²) in [5.41, 5.74) is -0.986. The maximum atomic E-state index is 12.6. The van der Waals surface area contributed by atoms with Crippen LogP contribution >= 0.6 is 0 Å². The van der Waals surface area contributed by atoms with E-state index in [-0.39, 0.29) is 35.1 Å². The number of Topliss-reactive ketones (excluding diaryl/α,β-unsaturated/α-hetero) is 1. The van der Waals surface area contributed by atoms with Crippen molar-refractivity contribution >= 4 is 15.6 Å². The second-order valence-electron chi connectivity index (χ2n) is 9.04. The number of aliphatic hydroxyl groups excluding tert-OH is 1. The molecular weight excluding hydrogens is 392 g/mol. The van der Waals surface area contributed by atoms with E-state index in [1.165, 1.54) is 0 Å². The largest absolute Gasteiger partial charge is 0.393 e. The summed E-state index contributed by atoms with van der Waals surface area (Å²) in [6.07, 6.45) is 0.776. The number of ketones is 1. The van der Waals surface area contributed by atoms with Gasteiger partial charge in [0.2, 0.25) is 0 Å². The van der Waals surface area contributed by atoms with Gasteiger partial charge in [0.05, 0.1) is 29.0 Å². The average Bonchev–Trinajstić information content (AvgIpc) is 2.86. The Morgan fingerprint density at radius 1 is 1.21 bits per heavy atom. The van der Waals surface area contributed by atoms with E-state index in [9.17, 15) is 18.3 Å². The molecule has 3 atom stereocenters. The molecule has 2 rings (SSSR count). The van der Waals surface area contributed by atoms with Crippen molar-refractivity contribution in [3.63, 3.8) is 0 Å². The number of sulfone groups is 1. The fourth-order valence-corrected chi connectivity index (χ4v) is 5.59. The summed E-state index contributed by atoms with van der Waals surface area (Å²) in [5, 5.41) is 10.3. The highest BCUT2D eigenvalue weighted by Gasteiger charge is 2.39. The molecule has 1 heterocycles. The maximum absolute atomic E-state index is 12.6. The topological polar surface area (TPSA) is 89.9 Å². The summed E-state index contributed by atoms with van der Waals surface area (Å²) in [6.45, 7) is 8.95. The van der Waals surface area contributed by atoms with Gasteiger partial charge in [-0.1, -0.05) is 32.0 Å². The molecule has 1 saturated heterocycles. The Morgan fingerprint density at radius 2 is 1.83 bits per heavy atom. The molecule has 1 aliphatic rings. The van der Waals surface area contributed by atoms with Crippen molar-refractivity contribution in [2.75, 3.05) is 5.75 Å². The van der Waals surface area contributed by atoms with E-state index in [1.807, 2.05) is 20.8 Å². The van der Waals surface area contributed by atoms with E-state index >= 15 is 0 Å². The maximum Gasteiger partial charge on any atom is 0.179 e. The zero-order valence-corrected chi connectivity index (χ0v) is 18.9. The van der Waals surface area contributed by atoms with Crippen LogP contribution < -0.4 is 0 Å². The van der Waals surface area contributed by atoms with Crippen molar-refractivity contribution in [2.24, 2.45) is 5.41 Å². The van der Waals surface area contributed by atoms with E-state index < -0.39 is 27.1 Å². The third kappa shape index (κ3) is 6.88. The van der Waals surface area contributed by atoms with Gasteiger partial charge in [-0.25, -0.2) is 8.42 Å². The zero-order valence-electron chi connectivity index (χ0n) is 18.1.